The molecule has 0 saturated heterocycles. The van der Waals surface area contributed by atoms with E-state index in [1.54, 1.807) is 0 Å². The average molecular weight is 97.1 g/mol. The Balaban J connectivity index is 0. The van der Waals surface area contributed by atoms with Crippen molar-refractivity contribution >= 4 is 29.6 Å². The monoisotopic (exact) mass is 97.1 g/mol. The van der Waals surface area contributed by atoms with E-state index in [0.29, 0.717) is 0 Å². The molecule has 0 rings (SSSR count). The van der Waals surface area contributed by atoms with E-state index in [2.05, 4.69) is 6.92 Å². The van der Waals surface area contributed by atoms with Gasteiger partial charge in [0, 0.05) is 0 Å². The summed E-state index contributed by atoms with van der Waals surface area (Å²) in [5, 5.41) is 0. The van der Waals surface area contributed by atoms with Gasteiger partial charge in [0.2, 0.25) is 0 Å². The topological polar surface area (TPSA) is 26.0 Å². The van der Waals surface area contributed by atoms with Gasteiger partial charge >= 0.3 is 29.6 Å². The second kappa shape index (κ2) is 9.35. The van der Waals surface area contributed by atoms with Gasteiger partial charge in [0.15, 0.2) is 0 Å². The zero-order valence-electron chi connectivity index (χ0n) is 3.70. The van der Waals surface area contributed by atoms with Gasteiger partial charge in [-0.15, -0.1) is 0 Å². The molecule has 0 spiro atoms. The van der Waals surface area contributed by atoms with Gasteiger partial charge < -0.3 is 5.73 Å². The summed E-state index contributed by atoms with van der Waals surface area (Å²) in [6, 6.07) is 0. The summed E-state index contributed by atoms with van der Waals surface area (Å²) in [4.78, 5) is 0. The second-order valence-electron chi connectivity index (χ2n) is 1.14. The molecule has 0 unspecified atom stereocenters. The van der Waals surface area contributed by atoms with Gasteiger partial charge in [-0.2, -0.15) is 0 Å². The quantitative estimate of drug-likeness (QED) is 0.486. The Morgan fingerprint density at radius 1 is 1.50 bits per heavy atom. The summed E-state index contributed by atoms with van der Waals surface area (Å²) in [6.45, 7) is 2.98. The van der Waals surface area contributed by atoms with Crippen molar-refractivity contribution in [2.45, 2.75) is 19.8 Å². The summed E-state index contributed by atoms with van der Waals surface area (Å²) in [7, 11) is 0. The van der Waals surface area contributed by atoms with Crippen molar-refractivity contribution in [3.8, 4) is 0 Å². The van der Waals surface area contributed by atoms with Crippen molar-refractivity contribution in [2.24, 2.45) is 5.73 Å². The molecule has 2 heteroatoms. The Labute approximate surface area is 61.6 Å². The number of hydrogen-bond acceptors (Lipinski definition) is 1. The van der Waals surface area contributed by atoms with Crippen molar-refractivity contribution in [1.82, 2.24) is 0 Å². The molecule has 0 aromatic rings. The molecule has 0 aromatic heterocycles. The Morgan fingerprint density at radius 2 is 2.00 bits per heavy atom. The molecular weight excluding hydrogens is 85.0 g/mol. The van der Waals surface area contributed by atoms with Crippen molar-refractivity contribution in [2.75, 3.05) is 6.54 Å². The van der Waals surface area contributed by atoms with Crippen LogP contribution >= 0.6 is 0 Å². The zero-order valence-corrected chi connectivity index (χ0v) is 3.70. The number of rotatable bonds is 2. The number of hydrogen-bond donors (Lipinski definition) is 1. The maximum absolute atomic E-state index is 5.14. The van der Waals surface area contributed by atoms with Crippen LogP contribution in [0.5, 0.6) is 0 Å². The van der Waals surface area contributed by atoms with E-state index in [0.717, 1.165) is 6.54 Å². The minimum absolute atomic E-state index is 0. The predicted octanol–water partition coefficient (Wildman–Crippen LogP) is 0.0967. The molecule has 0 heterocycles. The Hall–Kier alpha value is 0.960. The van der Waals surface area contributed by atoms with Crippen LogP contribution in [0.4, 0.5) is 0 Å². The van der Waals surface area contributed by atoms with Gasteiger partial charge in [-0.05, 0) is 13.0 Å². The first-order valence-corrected chi connectivity index (χ1v) is 2.12. The fourth-order valence-corrected chi connectivity index (χ4v) is 0.204. The molecule has 0 atom stereocenters. The van der Waals surface area contributed by atoms with Crippen molar-refractivity contribution in [3.05, 3.63) is 0 Å². The third kappa shape index (κ3) is 8.88. The van der Waals surface area contributed by atoms with E-state index >= 15 is 0 Å². The van der Waals surface area contributed by atoms with Crippen molar-refractivity contribution in [3.63, 3.8) is 0 Å². The second-order valence-corrected chi connectivity index (χ2v) is 1.14. The molecule has 2 N–H and O–H groups in total. The average Bonchev–Trinajstić information content (AvgIpc) is 1.41. The van der Waals surface area contributed by atoms with Crippen molar-refractivity contribution < 1.29 is 0 Å². The third-order valence-electron chi connectivity index (χ3n) is 0.558. The summed E-state index contributed by atoms with van der Waals surface area (Å²) in [5.41, 5.74) is 5.14. The van der Waals surface area contributed by atoms with E-state index in [1.165, 1.54) is 12.8 Å². The molecule has 0 amide bonds. The molecule has 0 fully saturated rings. The maximum atomic E-state index is 5.14. The van der Waals surface area contributed by atoms with Crippen LogP contribution < -0.4 is 5.73 Å². The Morgan fingerprint density at radius 3 is 2.00 bits per heavy atom. The summed E-state index contributed by atoms with van der Waals surface area (Å²) >= 11 is 0. The zero-order chi connectivity index (χ0) is 4.12. The number of unbranched alkanes of at least 4 members (excludes halogenated alkanes) is 1. The third-order valence-corrected chi connectivity index (χ3v) is 0.558. The van der Waals surface area contributed by atoms with Crippen LogP contribution in [-0.4, -0.2) is 36.1 Å². The van der Waals surface area contributed by atoms with E-state index in [-0.39, 0.29) is 29.6 Å². The first-order valence-electron chi connectivity index (χ1n) is 2.12. The fraction of sp³-hybridized carbons (Fsp3) is 1.00. The van der Waals surface area contributed by atoms with Gasteiger partial charge in [0.1, 0.15) is 0 Å². The van der Waals surface area contributed by atoms with E-state index in [4.69, 9.17) is 5.73 Å². The molecule has 0 radical (unpaired) electrons. The molecule has 0 bridgehead atoms. The van der Waals surface area contributed by atoms with Crippen LogP contribution in [0.1, 0.15) is 19.8 Å². The van der Waals surface area contributed by atoms with Crippen LogP contribution in [0.25, 0.3) is 0 Å². The normalized spacial score (nSPS) is 7.00. The van der Waals surface area contributed by atoms with Crippen LogP contribution in [0.2, 0.25) is 0 Å². The molecule has 0 aliphatic carbocycles. The molecule has 0 aliphatic rings. The molecule has 1 nitrogen and oxygen atoms in total. The summed E-state index contributed by atoms with van der Waals surface area (Å²) < 4.78 is 0. The van der Waals surface area contributed by atoms with E-state index < -0.39 is 0 Å². The summed E-state index contributed by atoms with van der Waals surface area (Å²) in [5.74, 6) is 0. The van der Waals surface area contributed by atoms with Crippen LogP contribution in [0.3, 0.4) is 0 Å². The molecular formula is C4H12NNa. The van der Waals surface area contributed by atoms with Crippen LogP contribution in [0, 0.1) is 0 Å². The van der Waals surface area contributed by atoms with Crippen LogP contribution in [0.15, 0.2) is 0 Å². The van der Waals surface area contributed by atoms with Gasteiger partial charge in [0.25, 0.3) is 0 Å². The van der Waals surface area contributed by atoms with Gasteiger partial charge in [0.05, 0.1) is 0 Å². The molecule has 0 aromatic carbocycles. The fourth-order valence-electron chi connectivity index (χ4n) is 0.204. The predicted molar refractivity (Wildman–Crippen MR) is 31.1 cm³/mol. The minimum atomic E-state index is 0. The Kier molecular flexibility index (Phi) is 15.7. The first-order chi connectivity index (χ1) is 2.41. The first kappa shape index (κ1) is 10.0. The van der Waals surface area contributed by atoms with Gasteiger partial charge in [-0.1, -0.05) is 13.3 Å². The molecule has 6 heavy (non-hydrogen) atoms. The number of nitrogens with two attached hydrogens (primary N) is 1. The van der Waals surface area contributed by atoms with Crippen molar-refractivity contribution in [1.29, 1.82) is 0 Å². The van der Waals surface area contributed by atoms with E-state index in [1.807, 2.05) is 0 Å². The molecule has 34 valence electrons. The molecule has 0 saturated carbocycles. The van der Waals surface area contributed by atoms with Gasteiger partial charge in [-0.25, -0.2) is 0 Å². The standard InChI is InChI=1S/C4H11N.Na.H/c1-2-3-4-5;;/h2-5H2,1H3;;. The Bertz CT molecular complexity index is 15.0. The molecule has 0 aliphatic heterocycles. The summed E-state index contributed by atoms with van der Waals surface area (Å²) in [6.07, 6.45) is 2.39. The SMILES string of the molecule is CCCCN.[NaH]. The van der Waals surface area contributed by atoms with Gasteiger partial charge in [-0.3, -0.25) is 0 Å². The van der Waals surface area contributed by atoms with E-state index in [9.17, 15) is 0 Å². The van der Waals surface area contributed by atoms with Crippen LogP contribution in [-0.2, 0) is 0 Å².